The molecule has 2 aliphatic heterocycles. The van der Waals surface area contributed by atoms with Gasteiger partial charge in [0.1, 0.15) is 6.61 Å². The van der Waals surface area contributed by atoms with Gasteiger partial charge in [-0.3, -0.25) is 4.79 Å². The van der Waals surface area contributed by atoms with E-state index in [0.717, 1.165) is 0 Å². The molecule has 0 aromatic heterocycles. The zero-order valence-electron chi connectivity index (χ0n) is 19.0. The number of rotatable bonds is 7. The van der Waals surface area contributed by atoms with Gasteiger partial charge in [0.05, 0.1) is 11.1 Å². The number of benzene rings is 3. The van der Waals surface area contributed by atoms with Crippen molar-refractivity contribution in [3.8, 4) is 0 Å². The van der Waals surface area contributed by atoms with Crippen LogP contribution in [0.1, 0.15) is 31.1 Å². The van der Waals surface area contributed by atoms with E-state index in [0.29, 0.717) is 16.7 Å². The molecule has 0 bridgehead atoms. The molecule has 2 aliphatic rings. The third-order valence-corrected chi connectivity index (χ3v) is 5.63. The van der Waals surface area contributed by atoms with Crippen molar-refractivity contribution in [2.75, 3.05) is 6.61 Å². The Kier molecular flexibility index (Phi) is 6.72. The summed E-state index contributed by atoms with van der Waals surface area (Å²) in [6.07, 6.45) is -3.71. The fourth-order valence-electron chi connectivity index (χ4n) is 3.85. The lowest BCUT2D eigenvalue weighted by Crippen LogP contribution is -2.42. The topological polar surface area (TPSA) is 113 Å². The van der Waals surface area contributed by atoms with Gasteiger partial charge in [-0.2, -0.15) is 0 Å². The number of fused-ring (bicyclic) bond motifs is 1. The van der Waals surface area contributed by atoms with Crippen LogP contribution in [-0.4, -0.2) is 55.0 Å². The van der Waals surface area contributed by atoms with Crippen LogP contribution in [0.25, 0.3) is 0 Å². The molecule has 0 spiro atoms. The number of hydrogen-bond acceptors (Lipinski definition) is 8. The molecule has 3 aromatic rings. The maximum atomic E-state index is 12.8. The summed E-state index contributed by atoms with van der Waals surface area (Å²) >= 11 is 0. The minimum atomic E-state index is -1.02. The van der Waals surface area contributed by atoms with E-state index in [2.05, 4.69) is 10.3 Å². The molecular formula is C27H22N2O7. The fraction of sp³-hybridized carbons (Fsp3) is 0.185. The number of amides is 1. The molecule has 4 atom stereocenters. The van der Waals surface area contributed by atoms with Gasteiger partial charge in [0, 0.05) is 5.56 Å². The Morgan fingerprint density at radius 1 is 0.778 bits per heavy atom. The lowest BCUT2D eigenvalue weighted by molar-refractivity contribution is -0.0699. The maximum Gasteiger partial charge on any atom is 0.338 e. The Morgan fingerprint density at radius 3 is 1.94 bits per heavy atom. The summed E-state index contributed by atoms with van der Waals surface area (Å²) in [6.45, 7) is -0.194. The predicted molar refractivity (Wildman–Crippen MR) is 127 cm³/mol. The van der Waals surface area contributed by atoms with Gasteiger partial charge in [0.15, 0.2) is 18.3 Å². The van der Waals surface area contributed by atoms with Crippen LogP contribution < -0.4 is 5.32 Å². The highest BCUT2D eigenvalue weighted by atomic mass is 16.7. The van der Waals surface area contributed by atoms with Gasteiger partial charge in [-0.1, -0.05) is 54.6 Å². The Bertz CT molecular complexity index is 1270. The normalized spacial score (nSPS) is 22.1. The molecule has 1 fully saturated rings. The summed E-state index contributed by atoms with van der Waals surface area (Å²) in [4.78, 5) is 42.0. The molecule has 2 heterocycles. The van der Waals surface area contributed by atoms with Gasteiger partial charge < -0.3 is 24.3 Å². The van der Waals surface area contributed by atoms with Crippen molar-refractivity contribution in [2.45, 2.75) is 24.7 Å². The molecule has 0 saturated carbocycles. The molecule has 4 unspecified atom stereocenters. The number of hydrogen-bond donors (Lipinski definition) is 1. The molecule has 1 saturated heterocycles. The van der Waals surface area contributed by atoms with E-state index in [4.69, 9.17) is 18.9 Å². The van der Waals surface area contributed by atoms with Crippen molar-refractivity contribution in [2.24, 2.45) is 4.99 Å². The quantitative estimate of drug-likeness (QED) is 0.511. The van der Waals surface area contributed by atoms with Crippen LogP contribution in [0.5, 0.6) is 0 Å². The van der Waals surface area contributed by atoms with Crippen LogP contribution in [0.3, 0.4) is 0 Å². The number of esters is 2. The predicted octanol–water partition coefficient (Wildman–Crippen LogP) is 2.98. The second-order valence-electron chi connectivity index (χ2n) is 8.07. The number of carbonyl (C=O) groups is 3. The van der Waals surface area contributed by atoms with Gasteiger partial charge >= 0.3 is 11.9 Å². The smallest absolute Gasteiger partial charge is 0.338 e. The zero-order valence-corrected chi connectivity index (χ0v) is 19.0. The highest BCUT2D eigenvalue weighted by Crippen LogP contribution is 2.30. The minimum Gasteiger partial charge on any atom is -0.468 e. The van der Waals surface area contributed by atoms with E-state index in [1.807, 2.05) is 0 Å². The molecule has 36 heavy (non-hydrogen) atoms. The maximum absolute atomic E-state index is 12.8. The van der Waals surface area contributed by atoms with E-state index >= 15 is 0 Å². The summed E-state index contributed by atoms with van der Waals surface area (Å²) in [5.41, 5.74) is 1.16. The van der Waals surface area contributed by atoms with Crippen molar-refractivity contribution in [1.82, 2.24) is 5.32 Å². The monoisotopic (exact) mass is 486 g/mol. The summed E-state index contributed by atoms with van der Waals surface area (Å²) < 4.78 is 22.9. The van der Waals surface area contributed by atoms with Gasteiger partial charge in [-0.25, -0.2) is 14.6 Å². The first-order valence-electron chi connectivity index (χ1n) is 11.3. The average Bonchev–Trinajstić information content (AvgIpc) is 3.46. The molecule has 0 radical (unpaired) electrons. The third-order valence-electron chi connectivity index (χ3n) is 5.63. The van der Waals surface area contributed by atoms with Crippen molar-refractivity contribution >= 4 is 23.7 Å². The Hall–Kier alpha value is -4.50. The molecular weight excluding hydrogens is 464 g/mol. The largest absolute Gasteiger partial charge is 0.468 e. The first kappa shape index (κ1) is 23.3. The van der Waals surface area contributed by atoms with Gasteiger partial charge in [0.2, 0.25) is 12.2 Å². The van der Waals surface area contributed by atoms with Crippen molar-refractivity contribution in [1.29, 1.82) is 0 Å². The summed E-state index contributed by atoms with van der Waals surface area (Å²) in [5.74, 6) is -1.36. The average molecular weight is 486 g/mol. The van der Waals surface area contributed by atoms with Crippen LogP contribution in [-0.2, 0) is 18.9 Å². The summed E-state index contributed by atoms with van der Waals surface area (Å²) in [7, 11) is 0. The molecule has 5 rings (SSSR count). The molecule has 0 aliphatic carbocycles. The Morgan fingerprint density at radius 2 is 1.33 bits per heavy atom. The number of nitrogens with zero attached hydrogens (tertiary/aromatic N) is 1. The van der Waals surface area contributed by atoms with Crippen LogP contribution in [0, 0.1) is 0 Å². The van der Waals surface area contributed by atoms with Crippen LogP contribution in [0.15, 0.2) is 96.0 Å². The van der Waals surface area contributed by atoms with Gasteiger partial charge in [-0.15, -0.1) is 0 Å². The van der Waals surface area contributed by atoms with Crippen molar-refractivity contribution in [3.63, 3.8) is 0 Å². The second kappa shape index (κ2) is 10.4. The number of ether oxygens (including phenoxy) is 4. The SMILES string of the molecule is O=C(NC1N=C2OC(COC(=O)c3ccccc3)C(OC(=O)c3ccccc3)C2O1)c1ccccc1. The summed E-state index contributed by atoms with van der Waals surface area (Å²) in [5, 5.41) is 2.66. The molecule has 1 amide bonds. The minimum absolute atomic E-state index is 0.153. The Labute approximate surface area is 206 Å². The van der Waals surface area contributed by atoms with E-state index in [1.54, 1.807) is 91.0 Å². The van der Waals surface area contributed by atoms with E-state index in [1.165, 1.54) is 0 Å². The standard InChI is InChI=1S/C27H22N2O7/c30-23(17-10-4-1-5-11-17)28-27-29-24-22(36-27)21(35-26(32)19-14-8-3-9-15-19)20(34-24)16-33-25(31)18-12-6-2-7-13-18/h1-15,20-22,27H,16H2,(H,28,30). The van der Waals surface area contributed by atoms with Gasteiger partial charge in [-0.05, 0) is 36.4 Å². The zero-order chi connectivity index (χ0) is 24.9. The Balaban J connectivity index is 1.29. The first-order valence-corrected chi connectivity index (χ1v) is 11.3. The highest BCUT2D eigenvalue weighted by Gasteiger charge is 2.52. The highest BCUT2D eigenvalue weighted by molar-refractivity contribution is 5.95. The lowest BCUT2D eigenvalue weighted by atomic mass is 10.1. The van der Waals surface area contributed by atoms with Crippen LogP contribution >= 0.6 is 0 Å². The number of carbonyl (C=O) groups excluding carboxylic acids is 3. The molecule has 1 N–H and O–H groups in total. The number of nitrogens with one attached hydrogen (secondary N) is 1. The molecule has 3 aromatic carbocycles. The molecule has 9 nitrogen and oxygen atoms in total. The fourth-order valence-corrected chi connectivity index (χ4v) is 3.85. The van der Waals surface area contributed by atoms with Crippen LogP contribution in [0.2, 0.25) is 0 Å². The second-order valence-corrected chi connectivity index (χ2v) is 8.07. The van der Waals surface area contributed by atoms with Crippen molar-refractivity contribution < 1.29 is 33.3 Å². The van der Waals surface area contributed by atoms with Crippen molar-refractivity contribution in [3.05, 3.63) is 108 Å². The van der Waals surface area contributed by atoms with Gasteiger partial charge in [0.25, 0.3) is 5.91 Å². The van der Waals surface area contributed by atoms with E-state index < -0.39 is 36.6 Å². The molecule has 9 heteroatoms. The van der Waals surface area contributed by atoms with E-state index in [9.17, 15) is 14.4 Å². The lowest BCUT2D eigenvalue weighted by Gasteiger charge is -2.22. The van der Waals surface area contributed by atoms with Crippen LogP contribution in [0.4, 0.5) is 0 Å². The molecule has 182 valence electrons. The third kappa shape index (κ3) is 5.11. The first-order chi connectivity index (χ1) is 17.6. The van der Waals surface area contributed by atoms with E-state index in [-0.39, 0.29) is 18.4 Å². The summed E-state index contributed by atoms with van der Waals surface area (Å²) in [6, 6.07) is 25.6. The number of aliphatic imine (C=N–C) groups is 1.